The maximum absolute atomic E-state index is 14.1. The molecule has 0 fully saturated rings. The molecule has 1 heterocycles. The highest BCUT2D eigenvalue weighted by Crippen LogP contribution is 2.29. The molecule has 0 aliphatic rings. The number of anilines is 1. The molecule has 0 unspecified atom stereocenters. The number of rotatable bonds is 11. The van der Waals surface area contributed by atoms with Crippen molar-refractivity contribution in [2.24, 2.45) is 0 Å². The molecule has 0 saturated heterocycles. The van der Waals surface area contributed by atoms with E-state index in [2.05, 4.69) is 33.0 Å². The summed E-state index contributed by atoms with van der Waals surface area (Å²) < 4.78 is 7.03. The number of nitrogens with one attached hydrogen (secondary N) is 1. The van der Waals surface area contributed by atoms with Crippen molar-refractivity contribution in [1.29, 1.82) is 0 Å². The Kier molecular flexibility index (Phi) is 9.61. The smallest absolute Gasteiger partial charge is 0.245 e. The minimum atomic E-state index is -0.501. The van der Waals surface area contributed by atoms with E-state index >= 15 is 0 Å². The SMILES string of the molecule is CCCCN(CC(=O)Nc1cc(C(C)(C)C)nn1-c1ccc(OC)cc1)C(=O)C(c1ccccc1)c1ccccc1. The molecule has 7 nitrogen and oxygen atoms in total. The second-order valence-corrected chi connectivity index (χ2v) is 11.2. The zero-order chi connectivity index (χ0) is 29.4. The minimum Gasteiger partial charge on any atom is -0.497 e. The highest BCUT2D eigenvalue weighted by atomic mass is 16.5. The Hall–Kier alpha value is -4.39. The molecule has 3 aromatic carbocycles. The monoisotopic (exact) mass is 552 g/mol. The van der Waals surface area contributed by atoms with Gasteiger partial charge in [-0.2, -0.15) is 5.10 Å². The van der Waals surface area contributed by atoms with Gasteiger partial charge < -0.3 is 15.0 Å². The summed E-state index contributed by atoms with van der Waals surface area (Å²) in [5, 5.41) is 7.86. The Bertz CT molecular complexity index is 1390. The van der Waals surface area contributed by atoms with E-state index in [1.165, 1.54) is 0 Å². The topological polar surface area (TPSA) is 76.5 Å². The molecule has 0 saturated carbocycles. The second kappa shape index (κ2) is 13.3. The summed E-state index contributed by atoms with van der Waals surface area (Å²) in [4.78, 5) is 29.4. The Morgan fingerprint density at radius 1 is 0.927 bits per heavy atom. The largest absolute Gasteiger partial charge is 0.497 e. The Labute approximate surface area is 243 Å². The van der Waals surface area contributed by atoms with E-state index < -0.39 is 5.92 Å². The molecule has 0 bridgehead atoms. The highest BCUT2D eigenvalue weighted by Gasteiger charge is 2.29. The van der Waals surface area contributed by atoms with Crippen LogP contribution >= 0.6 is 0 Å². The summed E-state index contributed by atoms with van der Waals surface area (Å²) in [7, 11) is 1.62. The van der Waals surface area contributed by atoms with Crippen LogP contribution in [0.25, 0.3) is 5.69 Å². The Balaban J connectivity index is 1.62. The summed E-state index contributed by atoms with van der Waals surface area (Å²) >= 11 is 0. The lowest BCUT2D eigenvalue weighted by Crippen LogP contribution is -2.41. The molecule has 0 aliphatic carbocycles. The molecule has 4 aromatic rings. The molecule has 0 spiro atoms. The molecule has 1 N–H and O–H groups in total. The molecule has 0 aliphatic heterocycles. The number of aromatic nitrogens is 2. The van der Waals surface area contributed by atoms with Crippen molar-refractivity contribution in [2.75, 3.05) is 25.5 Å². The van der Waals surface area contributed by atoms with E-state index in [-0.39, 0.29) is 23.8 Å². The van der Waals surface area contributed by atoms with Gasteiger partial charge in [-0.25, -0.2) is 4.68 Å². The van der Waals surface area contributed by atoms with Crippen LogP contribution in [0.2, 0.25) is 0 Å². The number of carbonyl (C=O) groups excluding carboxylic acids is 2. The van der Waals surface area contributed by atoms with Gasteiger partial charge in [-0.1, -0.05) is 94.8 Å². The van der Waals surface area contributed by atoms with Crippen molar-refractivity contribution in [3.63, 3.8) is 0 Å². The number of carbonyl (C=O) groups is 2. The van der Waals surface area contributed by atoms with Gasteiger partial charge in [-0.15, -0.1) is 0 Å². The summed E-state index contributed by atoms with van der Waals surface area (Å²) in [6, 6.07) is 28.9. The van der Waals surface area contributed by atoms with Gasteiger partial charge in [0.1, 0.15) is 11.6 Å². The van der Waals surface area contributed by atoms with E-state index in [9.17, 15) is 9.59 Å². The molecule has 41 heavy (non-hydrogen) atoms. The van der Waals surface area contributed by atoms with Crippen LogP contribution in [-0.4, -0.2) is 46.7 Å². The first-order valence-electron chi connectivity index (χ1n) is 14.1. The first-order valence-corrected chi connectivity index (χ1v) is 14.1. The fraction of sp³-hybridized carbons (Fsp3) is 0.324. The van der Waals surface area contributed by atoms with Gasteiger partial charge in [0, 0.05) is 18.0 Å². The third-order valence-corrected chi connectivity index (χ3v) is 7.00. The van der Waals surface area contributed by atoms with E-state index in [1.807, 2.05) is 91.0 Å². The molecule has 1 aromatic heterocycles. The average molecular weight is 553 g/mol. The van der Waals surface area contributed by atoms with Crippen molar-refractivity contribution in [2.45, 2.75) is 51.9 Å². The minimum absolute atomic E-state index is 0.0619. The number of nitrogens with zero attached hydrogens (tertiary/aromatic N) is 3. The van der Waals surface area contributed by atoms with Crippen LogP contribution in [0.15, 0.2) is 91.0 Å². The molecular weight excluding hydrogens is 512 g/mol. The molecule has 7 heteroatoms. The van der Waals surface area contributed by atoms with Gasteiger partial charge in [-0.3, -0.25) is 9.59 Å². The van der Waals surface area contributed by atoms with Crippen molar-refractivity contribution in [3.8, 4) is 11.4 Å². The lowest BCUT2D eigenvalue weighted by Gasteiger charge is -2.27. The summed E-state index contributed by atoms with van der Waals surface area (Å²) in [5.41, 5.74) is 3.22. The second-order valence-electron chi connectivity index (χ2n) is 11.2. The fourth-order valence-electron chi connectivity index (χ4n) is 4.68. The van der Waals surface area contributed by atoms with Crippen molar-refractivity contribution in [1.82, 2.24) is 14.7 Å². The quantitative estimate of drug-likeness (QED) is 0.228. The number of hydrogen-bond acceptors (Lipinski definition) is 4. The summed E-state index contributed by atoms with van der Waals surface area (Å²) in [6.07, 6.45) is 1.71. The van der Waals surface area contributed by atoms with Gasteiger partial charge in [0.15, 0.2) is 0 Å². The number of benzene rings is 3. The molecule has 4 rings (SSSR count). The normalized spacial score (nSPS) is 11.4. The average Bonchev–Trinajstić information content (AvgIpc) is 3.41. The highest BCUT2D eigenvalue weighted by molar-refractivity contribution is 5.96. The van der Waals surface area contributed by atoms with Gasteiger partial charge in [0.05, 0.1) is 31.0 Å². The number of hydrogen-bond donors (Lipinski definition) is 1. The van der Waals surface area contributed by atoms with E-state index in [0.717, 1.165) is 41.1 Å². The maximum Gasteiger partial charge on any atom is 0.245 e. The van der Waals surface area contributed by atoms with E-state index in [0.29, 0.717) is 12.4 Å². The first kappa shape index (κ1) is 29.6. The molecule has 0 radical (unpaired) electrons. The van der Waals surface area contributed by atoms with Crippen molar-refractivity contribution < 1.29 is 14.3 Å². The van der Waals surface area contributed by atoms with Crippen molar-refractivity contribution in [3.05, 3.63) is 108 Å². The third kappa shape index (κ3) is 7.42. The Morgan fingerprint density at radius 3 is 2.02 bits per heavy atom. The van der Waals surface area contributed by atoms with Crippen LogP contribution in [0, 0.1) is 0 Å². The zero-order valence-corrected chi connectivity index (χ0v) is 24.6. The van der Waals surface area contributed by atoms with Crippen LogP contribution in [0.3, 0.4) is 0 Å². The molecule has 0 atom stereocenters. The summed E-state index contributed by atoms with van der Waals surface area (Å²) in [6.45, 7) is 8.75. The molecule has 214 valence electrons. The number of unbranched alkanes of at least 4 members (excludes halogenated alkanes) is 1. The van der Waals surface area contributed by atoms with Crippen LogP contribution in [-0.2, 0) is 15.0 Å². The van der Waals surface area contributed by atoms with Gasteiger partial charge in [0.25, 0.3) is 0 Å². The number of methoxy groups -OCH3 is 1. The van der Waals surface area contributed by atoms with E-state index in [4.69, 9.17) is 9.84 Å². The molecule has 2 amide bonds. The standard InChI is InChI=1S/C34H40N4O3/c1-6-7-22-37(33(40)32(25-14-10-8-11-15-25)26-16-12-9-13-17-26)24-31(39)35-30-23-29(34(2,3)4)36-38(30)27-18-20-28(41-5)21-19-27/h8-21,23,32H,6-7,22,24H2,1-5H3,(H,35,39). The van der Waals surface area contributed by atoms with Crippen LogP contribution in [0.1, 0.15) is 63.3 Å². The lowest BCUT2D eigenvalue weighted by molar-refractivity contribution is -0.135. The molecular formula is C34H40N4O3. The summed E-state index contributed by atoms with van der Waals surface area (Å²) in [5.74, 6) is 0.420. The van der Waals surface area contributed by atoms with Gasteiger partial charge in [-0.05, 0) is 41.8 Å². The van der Waals surface area contributed by atoms with Crippen molar-refractivity contribution >= 4 is 17.6 Å². The van der Waals surface area contributed by atoms with Crippen LogP contribution in [0.4, 0.5) is 5.82 Å². The predicted octanol–water partition coefficient (Wildman–Crippen LogP) is 6.58. The number of amides is 2. The van der Waals surface area contributed by atoms with Gasteiger partial charge in [0.2, 0.25) is 11.8 Å². The maximum atomic E-state index is 14.1. The third-order valence-electron chi connectivity index (χ3n) is 7.00. The first-order chi connectivity index (χ1) is 19.7. The predicted molar refractivity (Wildman–Crippen MR) is 164 cm³/mol. The lowest BCUT2D eigenvalue weighted by atomic mass is 9.90. The van der Waals surface area contributed by atoms with Crippen LogP contribution in [0.5, 0.6) is 5.75 Å². The fourth-order valence-corrected chi connectivity index (χ4v) is 4.68. The zero-order valence-electron chi connectivity index (χ0n) is 24.6. The number of ether oxygens (including phenoxy) is 1. The van der Waals surface area contributed by atoms with Crippen LogP contribution < -0.4 is 10.1 Å². The van der Waals surface area contributed by atoms with E-state index in [1.54, 1.807) is 16.7 Å². The van der Waals surface area contributed by atoms with Gasteiger partial charge >= 0.3 is 0 Å². The Morgan fingerprint density at radius 2 is 1.51 bits per heavy atom.